The smallest absolute Gasteiger partial charge is 0.193 e. The minimum Gasteiger partial charge on any atom is -0.381 e. The Labute approximate surface area is 112 Å². The van der Waals surface area contributed by atoms with Crippen molar-refractivity contribution >= 4 is 5.96 Å². The van der Waals surface area contributed by atoms with Gasteiger partial charge in [-0.2, -0.15) is 0 Å². The third-order valence-corrected chi connectivity index (χ3v) is 3.40. The van der Waals surface area contributed by atoms with Crippen LogP contribution in [0.1, 0.15) is 39.5 Å². The van der Waals surface area contributed by atoms with Crippen LogP contribution in [-0.4, -0.2) is 50.8 Å². The van der Waals surface area contributed by atoms with Crippen LogP contribution < -0.4 is 5.32 Å². The lowest BCUT2D eigenvalue weighted by atomic mass is 9.96. The monoisotopic (exact) mass is 255 g/mol. The van der Waals surface area contributed by atoms with Crippen molar-refractivity contribution in [2.24, 2.45) is 10.9 Å². The molecule has 0 aliphatic carbocycles. The van der Waals surface area contributed by atoms with E-state index >= 15 is 0 Å². The maximum atomic E-state index is 5.40. The molecule has 1 saturated heterocycles. The molecule has 106 valence electrons. The van der Waals surface area contributed by atoms with Crippen molar-refractivity contribution in [3.05, 3.63) is 0 Å². The molecule has 0 aromatic rings. The van der Waals surface area contributed by atoms with Gasteiger partial charge < -0.3 is 15.0 Å². The summed E-state index contributed by atoms with van der Waals surface area (Å²) in [5.41, 5.74) is 0. The zero-order valence-corrected chi connectivity index (χ0v) is 12.2. The van der Waals surface area contributed by atoms with E-state index in [2.05, 4.69) is 36.1 Å². The zero-order valence-electron chi connectivity index (χ0n) is 12.2. The Kier molecular flexibility index (Phi) is 7.81. The predicted molar refractivity (Wildman–Crippen MR) is 77.1 cm³/mol. The first-order chi connectivity index (χ1) is 8.77. The minimum atomic E-state index is 0.829. The van der Waals surface area contributed by atoms with Crippen molar-refractivity contribution in [3.8, 4) is 0 Å². The van der Waals surface area contributed by atoms with Crippen molar-refractivity contribution in [2.45, 2.75) is 39.5 Å². The molecule has 0 radical (unpaired) electrons. The van der Waals surface area contributed by atoms with Gasteiger partial charge in [0.2, 0.25) is 0 Å². The summed E-state index contributed by atoms with van der Waals surface area (Å²) in [4.78, 5) is 6.86. The molecule has 0 spiro atoms. The Balaban J connectivity index is 2.32. The van der Waals surface area contributed by atoms with Crippen molar-refractivity contribution in [1.29, 1.82) is 0 Å². The van der Waals surface area contributed by atoms with Gasteiger partial charge in [0.15, 0.2) is 5.96 Å². The Bertz CT molecular complexity index is 237. The van der Waals surface area contributed by atoms with Crippen LogP contribution in [0.5, 0.6) is 0 Å². The number of aliphatic imine (C=N–C) groups is 1. The summed E-state index contributed by atoms with van der Waals surface area (Å²) in [7, 11) is 2.14. The molecular weight excluding hydrogens is 226 g/mol. The Hall–Kier alpha value is -0.770. The summed E-state index contributed by atoms with van der Waals surface area (Å²) in [5, 5.41) is 3.36. The van der Waals surface area contributed by atoms with E-state index in [9.17, 15) is 0 Å². The molecule has 1 N–H and O–H groups in total. The number of guanidine groups is 1. The molecule has 1 heterocycles. The molecule has 1 fully saturated rings. The average molecular weight is 255 g/mol. The van der Waals surface area contributed by atoms with Gasteiger partial charge >= 0.3 is 0 Å². The molecule has 0 unspecified atom stereocenters. The zero-order chi connectivity index (χ0) is 13.2. The van der Waals surface area contributed by atoms with Crippen molar-refractivity contribution in [2.75, 3.05) is 39.9 Å². The minimum absolute atomic E-state index is 0.829. The maximum Gasteiger partial charge on any atom is 0.193 e. The van der Waals surface area contributed by atoms with Gasteiger partial charge in [-0.3, -0.25) is 4.99 Å². The largest absolute Gasteiger partial charge is 0.381 e. The lowest BCUT2D eigenvalue weighted by Crippen LogP contribution is -2.40. The van der Waals surface area contributed by atoms with Crippen LogP contribution in [0, 0.1) is 5.92 Å². The van der Waals surface area contributed by atoms with Gasteiger partial charge in [0.25, 0.3) is 0 Å². The summed E-state index contributed by atoms with van der Waals surface area (Å²) in [6.45, 7) is 9.09. The normalized spacial score (nSPS) is 17.8. The summed E-state index contributed by atoms with van der Waals surface area (Å²) in [6.07, 6.45) is 4.78. The number of rotatable bonds is 6. The van der Waals surface area contributed by atoms with E-state index in [1.165, 1.54) is 19.3 Å². The van der Waals surface area contributed by atoms with Crippen LogP contribution in [0.4, 0.5) is 0 Å². The van der Waals surface area contributed by atoms with E-state index in [-0.39, 0.29) is 0 Å². The number of nitrogens with one attached hydrogen (secondary N) is 1. The highest BCUT2D eigenvalue weighted by atomic mass is 16.5. The lowest BCUT2D eigenvalue weighted by molar-refractivity contribution is 0.0625. The van der Waals surface area contributed by atoms with Crippen LogP contribution in [-0.2, 0) is 4.74 Å². The van der Waals surface area contributed by atoms with Gasteiger partial charge in [-0.15, -0.1) is 0 Å². The van der Waals surface area contributed by atoms with Crippen LogP contribution in [0.2, 0.25) is 0 Å². The first kappa shape index (κ1) is 15.3. The summed E-state index contributed by atoms with van der Waals surface area (Å²) in [6, 6.07) is 0. The topological polar surface area (TPSA) is 36.9 Å². The third kappa shape index (κ3) is 5.71. The molecule has 0 amide bonds. The molecule has 1 aliphatic heterocycles. The quantitative estimate of drug-likeness (QED) is 0.583. The highest BCUT2D eigenvalue weighted by Gasteiger charge is 2.15. The molecule has 0 bridgehead atoms. The first-order valence-corrected chi connectivity index (χ1v) is 7.35. The van der Waals surface area contributed by atoms with Gasteiger partial charge in [0.1, 0.15) is 0 Å². The molecule has 0 saturated carbocycles. The first-order valence-electron chi connectivity index (χ1n) is 7.35. The third-order valence-electron chi connectivity index (χ3n) is 3.40. The molecular formula is C14H29N3O. The fourth-order valence-corrected chi connectivity index (χ4v) is 2.20. The molecule has 0 aromatic heterocycles. The fourth-order valence-electron chi connectivity index (χ4n) is 2.20. The second-order valence-electron chi connectivity index (χ2n) is 5.00. The van der Waals surface area contributed by atoms with E-state index in [4.69, 9.17) is 4.74 Å². The molecule has 1 aliphatic rings. The summed E-state index contributed by atoms with van der Waals surface area (Å²) < 4.78 is 5.40. The van der Waals surface area contributed by atoms with E-state index < -0.39 is 0 Å². The van der Waals surface area contributed by atoms with Gasteiger partial charge in [0.05, 0.1) is 0 Å². The molecule has 4 heteroatoms. The fraction of sp³-hybridized carbons (Fsp3) is 0.929. The van der Waals surface area contributed by atoms with E-state index in [1.807, 2.05) is 0 Å². The van der Waals surface area contributed by atoms with Gasteiger partial charge in [-0.1, -0.05) is 6.92 Å². The molecule has 4 nitrogen and oxygen atoms in total. The van der Waals surface area contributed by atoms with E-state index in [0.717, 1.165) is 51.1 Å². The lowest BCUT2D eigenvalue weighted by Gasteiger charge is -2.26. The number of hydrogen-bond acceptors (Lipinski definition) is 2. The number of nitrogens with zero attached hydrogens (tertiary/aromatic N) is 2. The van der Waals surface area contributed by atoms with Gasteiger partial charge in [-0.05, 0) is 38.5 Å². The van der Waals surface area contributed by atoms with Crippen molar-refractivity contribution in [1.82, 2.24) is 10.2 Å². The second-order valence-corrected chi connectivity index (χ2v) is 5.00. The Morgan fingerprint density at radius 2 is 2.06 bits per heavy atom. The highest BCUT2D eigenvalue weighted by molar-refractivity contribution is 5.79. The molecule has 18 heavy (non-hydrogen) atoms. The van der Waals surface area contributed by atoms with Crippen LogP contribution in [0.25, 0.3) is 0 Å². The van der Waals surface area contributed by atoms with Gasteiger partial charge in [0, 0.05) is 39.9 Å². The molecule has 1 rings (SSSR count). The van der Waals surface area contributed by atoms with Crippen molar-refractivity contribution in [3.63, 3.8) is 0 Å². The average Bonchev–Trinajstić information content (AvgIpc) is 2.42. The highest BCUT2D eigenvalue weighted by Crippen LogP contribution is 2.18. The van der Waals surface area contributed by atoms with E-state index in [1.54, 1.807) is 0 Å². The second kappa shape index (κ2) is 9.20. The van der Waals surface area contributed by atoms with Crippen molar-refractivity contribution < 1.29 is 4.74 Å². The molecule has 0 aromatic carbocycles. The Morgan fingerprint density at radius 3 is 2.67 bits per heavy atom. The van der Waals surface area contributed by atoms with Crippen LogP contribution in [0.3, 0.4) is 0 Å². The Morgan fingerprint density at radius 1 is 1.33 bits per heavy atom. The van der Waals surface area contributed by atoms with Crippen LogP contribution in [0.15, 0.2) is 4.99 Å². The molecule has 0 atom stereocenters. The van der Waals surface area contributed by atoms with Gasteiger partial charge in [-0.25, -0.2) is 0 Å². The summed E-state index contributed by atoms with van der Waals surface area (Å²) >= 11 is 0. The predicted octanol–water partition coefficient (Wildman–Crippen LogP) is 2.11. The number of hydrogen-bond donors (Lipinski definition) is 1. The number of ether oxygens (including phenoxy) is 1. The SMILES string of the molecule is CCCN=C(NCC)N(C)CCC1CCOCC1. The maximum absolute atomic E-state index is 5.40. The van der Waals surface area contributed by atoms with E-state index in [0.29, 0.717) is 0 Å². The summed E-state index contributed by atoms with van der Waals surface area (Å²) in [5.74, 6) is 1.88. The standard InChI is InChI=1S/C14H29N3O/c1-4-9-16-14(15-5-2)17(3)10-6-13-7-11-18-12-8-13/h13H,4-12H2,1-3H3,(H,15,16). The van der Waals surface area contributed by atoms with Crippen LogP contribution >= 0.6 is 0 Å².